The minimum Gasteiger partial charge on any atom is -0.347 e. The number of rotatable bonds is 6. The number of hydrogen-bond acceptors (Lipinski definition) is 5. The Morgan fingerprint density at radius 2 is 1.96 bits per heavy atom. The predicted molar refractivity (Wildman–Crippen MR) is 94.1 cm³/mol. The van der Waals surface area contributed by atoms with E-state index in [0.29, 0.717) is 11.4 Å². The molecule has 0 saturated carbocycles. The zero-order valence-corrected chi connectivity index (χ0v) is 14.6. The van der Waals surface area contributed by atoms with Crippen LogP contribution in [0.15, 0.2) is 47.9 Å². The van der Waals surface area contributed by atoms with Gasteiger partial charge in [0.2, 0.25) is 0 Å². The Bertz CT molecular complexity index is 888. The van der Waals surface area contributed by atoms with Crippen LogP contribution in [0, 0.1) is 0 Å². The van der Waals surface area contributed by atoms with Gasteiger partial charge in [0.25, 0.3) is 11.8 Å². The summed E-state index contributed by atoms with van der Waals surface area (Å²) in [5.41, 5.74) is 0.667. The molecule has 0 aliphatic carbocycles. The summed E-state index contributed by atoms with van der Waals surface area (Å²) in [4.78, 5) is 25.6. The standard InChI is InChI=1S/C16H18N4O4S/c1-20(16(22)12-7-4-3-5-8-12)14-11-13(18-19-14)15(21)17-9-6-10-25(2,23)24/h3-8,10-11H,9H2,1-2H3,(H,17,21)(H,18,19)/b10-6+. The number of anilines is 1. The first-order chi connectivity index (χ1) is 11.8. The third kappa shape index (κ3) is 5.28. The molecule has 0 bridgehead atoms. The average molecular weight is 362 g/mol. The largest absolute Gasteiger partial charge is 0.347 e. The second-order valence-electron chi connectivity index (χ2n) is 5.28. The molecule has 0 unspecified atom stereocenters. The molecule has 1 heterocycles. The van der Waals surface area contributed by atoms with E-state index in [1.54, 1.807) is 31.3 Å². The summed E-state index contributed by atoms with van der Waals surface area (Å²) in [6, 6.07) is 10.1. The maximum atomic E-state index is 12.3. The van der Waals surface area contributed by atoms with Gasteiger partial charge in [-0.1, -0.05) is 24.3 Å². The van der Waals surface area contributed by atoms with Crippen LogP contribution in [0.2, 0.25) is 0 Å². The van der Waals surface area contributed by atoms with Crippen molar-refractivity contribution in [1.82, 2.24) is 15.5 Å². The van der Waals surface area contributed by atoms with Gasteiger partial charge in [0, 0.05) is 36.9 Å². The van der Waals surface area contributed by atoms with Crippen LogP contribution in [-0.4, -0.2) is 50.3 Å². The van der Waals surface area contributed by atoms with Crippen molar-refractivity contribution in [2.75, 3.05) is 24.7 Å². The fourth-order valence-electron chi connectivity index (χ4n) is 1.95. The number of sulfone groups is 1. The Labute approximate surface area is 145 Å². The molecule has 132 valence electrons. The lowest BCUT2D eigenvalue weighted by molar-refractivity contribution is 0.0951. The molecular weight excluding hydrogens is 344 g/mol. The van der Waals surface area contributed by atoms with Crippen molar-refractivity contribution in [3.8, 4) is 0 Å². The molecule has 1 aromatic heterocycles. The maximum Gasteiger partial charge on any atom is 0.269 e. The number of amides is 2. The molecule has 1 aromatic carbocycles. The van der Waals surface area contributed by atoms with Crippen molar-refractivity contribution >= 4 is 27.5 Å². The molecule has 0 atom stereocenters. The molecule has 2 rings (SSSR count). The number of aromatic amines is 1. The highest BCUT2D eigenvalue weighted by molar-refractivity contribution is 7.93. The van der Waals surface area contributed by atoms with Gasteiger partial charge >= 0.3 is 0 Å². The topological polar surface area (TPSA) is 112 Å². The van der Waals surface area contributed by atoms with Crippen molar-refractivity contribution in [1.29, 1.82) is 0 Å². The van der Waals surface area contributed by atoms with Crippen molar-refractivity contribution in [2.45, 2.75) is 0 Å². The number of nitrogens with zero attached hydrogens (tertiary/aromatic N) is 2. The van der Waals surface area contributed by atoms with E-state index < -0.39 is 15.7 Å². The summed E-state index contributed by atoms with van der Waals surface area (Å²) in [5, 5.41) is 10.0. The molecular formula is C16H18N4O4S. The Kier molecular flexibility index (Phi) is 5.71. The van der Waals surface area contributed by atoms with Crippen LogP contribution in [0.3, 0.4) is 0 Å². The van der Waals surface area contributed by atoms with Gasteiger partial charge in [-0.25, -0.2) is 8.42 Å². The summed E-state index contributed by atoms with van der Waals surface area (Å²) in [5.74, 6) is -0.418. The molecule has 9 heteroatoms. The van der Waals surface area contributed by atoms with Crippen molar-refractivity contribution in [2.24, 2.45) is 0 Å². The van der Waals surface area contributed by atoms with Gasteiger partial charge in [-0.3, -0.25) is 19.6 Å². The lowest BCUT2D eigenvalue weighted by Gasteiger charge is -2.13. The van der Waals surface area contributed by atoms with Crippen LogP contribution >= 0.6 is 0 Å². The van der Waals surface area contributed by atoms with Crippen LogP contribution in [0.4, 0.5) is 5.82 Å². The first-order valence-corrected chi connectivity index (χ1v) is 9.26. The summed E-state index contributed by atoms with van der Waals surface area (Å²) >= 11 is 0. The molecule has 25 heavy (non-hydrogen) atoms. The maximum absolute atomic E-state index is 12.3. The van der Waals surface area contributed by atoms with Crippen LogP contribution in [0.5, 0.6) is 0 Å². The summed E-state index contributed by atoms with van der Waals surface area (Å²) in [7, 11) is -1.67. The van der Waals surface area contributed by atoms with E-state index in [0.717, 1.165) is 11.7 Å². The van der Waals surface area contributed by atoms with Gasteiger partial charge in [-0.2, -0.15) is 5.10 Å². The van der Waals surface area contributed by atoms with Gasteiger partial charge in [-0.05, 0) is 12.1 Å². The molecule has 2 N–H and O–H groups in total. The highest BCUT2D eigenvalue weighted by Crippen LogP contribution is 2.14. The van der Waals surface area contributed by atoms with Gasteiger partial charge in [0.15, 0.2) is 15.7 Å². The highest BCUT2D eigenvalue weighted by atomic mass is 32.2. The predicted octanol–water partition coefficient (Wildman–Crippen LogP) is 0.974. The van der Waals surface area contributed by atoms with E-state index in [9.17, 15) is 18.0 Å². The fourth-order valence-corrected chi connectivity index (χ4v) is 2.39. The Hall–Kier alpha value is -2.94. The van der Waals surface area contributed by atoms with E-state index in [4.69, 9.17) is 0 Å². The SMILES string of the molecule is CN(C(=O)c1ccccc1)c1cc(C(=O)NC/C=C/S(C)(=O)=O)[nH]n1. The summed E-state index contributed by atoms with van der Waals surface area (Å²) in [6.07, 6.45) is 2.39. The number of carbonyl (C=O) groups excluding carboxylic acids is 2. The Morgan fingerprint density at radius 3 is 2.60 bits per heavy atom. The van der Waals surface area contributed by atoms with E-state index in [1.165, 1.54) is 17.0 Å². The van der Waals surface area contributed by atoms with E-state index in [-0.39, 0.29) is 18.1 Å². The van der Waals surface area contributed by atoms with Crippen LogP contribution in [0.25, 0.3) is 0 Å². The van der Waals surface area contributed by atoms with Gasteiger partial charge in [0.05, 0.1) is 0 Å². The number of benzene rings is 1. The molecule has 0 fully saturated rings. The molecule has 0 saturated heterocycles. The molecule has 0 radical (unpaired) electrons. The van der Waals surface area contributed by atoms with Crippen LogP contribution < -0.4 is 10.2 Å². The molecule has 0 aliphatic heterocycles. The Morgan fingerprint density at radius 1 is 1.28 bits per heavy atom. The van der Waals surface area contributed by atoms with Crippen LogP contribution in [0.1, 0.15) is 20.8 Å². The fraction of sp³-hybridized carbons (Fsp3) is 0.188. The average Bonchev–Trinajstić information content (AvgIpc) is 3.07. The van der Waals surface area contributed by atoms with Crippen molar-refractivity contribution in [3.05, 3.63) is 59.1 Å². The van der Waals surface area contributed by atoms with E-state index in [2.05, 4.69) is 15.5 Å². The molecule has 0 aliphatic rings. The van der Waals surface area contributed by atoms with Gasteiger partial charge < -0.3 is 5.32 Å². The molecule has 8 nitrogen and oxygen atoms in total. The third-order valence-corrected chi connectivity index (χ3v) is 3.89. The third-order valence-electron chi connectivity index (χ3n) is 3.20. The smallest absolute Gasteiger partial charge is 0.269 e. The highest BCUT2D eigenvalue weighted by Gasteiger charge is 2.17. The zero-order valence-electron chi connectivity index (χ0n) is 13.8. The monoisotopic (exact) mass is 362 g/mol. The lowest BCUT2D eigenvalue weighted by atomic mass is 10.2. The number of hydrogen-bond donors (Lipinski definition) is 2. The first kappa shape index (κ1) is 18.4. The number of nitrogens with one attached hydrogen (secondary N) is 2. The number of H-pyrrole nitrogens is 1. The summed E-state index contributed by atoms with van der Waals surface area (Å²) < 4.78 is 21.9. The molecule has 2 amide bonds. The lowest BCUT2D eigenvalue weighted by Crippen LogP contribution is -2.26. The van der Waals surface area contributed by atoms with Crippen molar-refractivity contribution < 1.29 is 18.0 Å². The van der Waals surface area contributed by atoms with Gasteiger partial charge in [0.1, 0.15) is 5.69 Å². The molecule has 2 aromatic rings. The minimum absolute atomic E-state index is 0.0546. The minimum atomic E-state index is -3.23. The number of aromatic nitrogens is 2. The van der Waals surface area contributed by atoms with Gasteiger partial charge in [-0.15, -0.1) is 0 Å². The zero-order chi connectivity index (χ0) is 18.4. The van der Waals surface area contributed by atoms with E-state index in [1.807, 2.05) is 6.07 Å². The summed E-state index contributed by atoms with van der Waals surface area (Å²) in [6.45, 7) is 0.0546. The first-order valence-electron chi connectivity index (χ1n) is 7.31. The van der Waals surface area contributed by atoms with E-state index >= 15 is 0 Å². The van der Waals surface area contributed by atoms with Crippen LogP contribution in [-0.2, 0) is 9.84 Å². The second-order valence-corrected chi connectivity index (χ2v) is 7.21. The van der Waals surface area contributed by atoms with Crippen molar-refractivity contribution in [3.63, 3.8) is 0 Å². The Balaban J connectivity index is 2.00. The quantitative estimate of drug-likeness (QED) is 0.795. The number of carbonyl (C=O) groups is 2. The normalized spacial score (nSPS) is 11.4. The second kappa shape index (κ2) is 7.75. The molecule has 0 spiro atoms.